The van der Waals surface area contributed by atoms with Gasteiger partial charge in [-0.05, 0) is 31.0 Å². The smallest absolute Gasteiger partial charge is 0.234 e. The van der Waals surface area contributed by atoms with E-state index in [4.69, 9.17) is 0 Å². The molecule has 0 aromatic carbocycles. The summed E-state index contributed by atoms with van der Waals surface area (Å²) in [7, 11) is 0. The topological polar surface area (TPSA) is 74.8 Å². The van der Waals surface area contributed by atoms with Crippen molar-refractivity contribution in [2.24, 2.45) is 5.92 Å². The van der Waals surface area contributed by atoms with Crippen molar-refractivity contribution in [1.82, 2.24) is 20.2 Å². The first kappa shape index (κ1) is 12.0. The summed E-state index contributed by atoms with van der Waals surface area (Å²) in [5.74, 6) is 0.220. The zero-order chi connectivity index (χ0) is 14.2. The van der Waals surface area contributed by atoms with Crippen molar-refractivity contribution >= 4 is 28.3 Å². The van der Waals surface area contributed by atoms with Gasteiger partial charge in [0.05, 0.1) is 30.0 Å². The quantitative estimate of drug-likeness (QED) is 0.799. The first-order chi connectivity index (χ1) is 10.3. The van der Waals surface area contributed by atoms with Crippen LogP contribution in [0.1, 0.15) is 12.8 Å². The molecule has 6 nitrogen and oxygen atoms in total. The van der Waals surface area contributed by atoms with Gasteiger partial charge in [0.15, 0.2) is 5.65 Å². The summed E-state index contributed by atoms with van der Waals surface area (Å²) in [5.41, 5.74) is 2.22. The van der Waals surface area contributed by atoms with Crippen molar-refractivity contribution in [2.75, 3.05) is 4.90 Å². The number of hydrogen-bond donors (Lipinski definition) is 1. The van der Waals surface area contributed by atoms with E-state index in [1.165, 1.54) is 0 Å². The monoisotopic (exact) mass is 279 g/mol. The maximum Gasteiger partial charge on any atom is 0.234 e. The van der Waals surface area contributed by atoms with Crippen molar-refractivity contribution in [3.8, 4) is 0 Å². The van der Waals surface area contributed by atoms with Gasteiger partial charge < -0.3 is 0 Å². The number of aromatic nitrogens is 4. The number of pyridine rings is 2. The van der Waals surface area contributed by atoms with Gasteiger partial charge >= 0.3 is 0 Å². The number of carbonyl (C=O) groups is 1. The maximum absolute atomic E-state index is 12.6. The average Bonchev–Trinajstić information content (AvgIpc) is 3.27. The van der Waals surface area contributed by atoms with Crippen LogP contribution in [-0.2, 0) is 4.79 Å². The van der Waals surface area contributed by atoms with Gasteiger partial charge in [-0.2, -0.15) is 5.10 Å². The normalized spacial score (nSPS) is 14.3. The van der Waals surface area contributed by atoms with Crippen LogP contribution in [0.15, 0.2) is 43.0 Å². The van der Waals surface area contributed by atoms with Crippen molar-refractivity contribution in [3.05, 3.63) is 43.0 Å². The summed E-state index contributed by atoms with van der Waals surface area (Å²) in [6.07, 6.45) is 8.69. The van der Waals surface area contributed by atoms with Crippen LogP contribution >= 0.6 is 0 Å². The Morgan fingerprint density at radius 3 is 2.90 bits per heavy atom. The second kappa shape index (κ2) is 4.66. The zero-order valence-electron chi connectivity index (χ0n) is 11.2. The fraction of sp³-hybridized carbons (Fsp3) is 0.200. The van der Waals surface area contributed by atoms with Gasteiger partial charge in [-0.1, -0.05) is 0 Å². The molecule has 4 rings (SSSR count). The van der Waals surface area contributed by atoms with Crippen LogP contribution in [0.2, 0.25) is 0 Å². The second-order valence-corrected chi connectivity index (χ2v) is 5.16. The summed E-state index contributed by atoms with van der Waals surface area (Å²) >= 11 is 0. The number of aromatic amines is 1. The summed E-state index contributed by atoms with van der Waals surface area (Å²) in [4.78, 5) is 22.8. The third-order valence-corrected chi connectivity index (χ3v) is 3.59. The molecule has 21 heavy (non-hydrogen) atoms. The summed E-state index contributed by atoms with van der Waals surface area (Å²) in [5, 5.41) is 7.66. The molecule has 1 fully saturated rings. The molecule has 1 aliphatic rings. The number of fused-ring (bicyclic) bond motifs is 1. The SMILES string of the molecule is O=C(C1CC1)N(c1cccnc1)c1cnc2[nH]ncc2c1. The highest BCUT2D eigenvalue weighted by Gasteiger charge is 2.35. The van der Waals surface area contributed by atoms with Crippen molar-refractivity contribution in [3.63, 3.8) is 0 Å². The number of rotatable bonds is 3. The Balaban J connectivity index is 1.82. The van der Waals surface area contributed by atoms with Crippen LogP contribution in [0.4, 0.5) is 11.4 Å². The number of nitrogens with one attached hydrogen (secondary N) is 1. The predicted molar refractivity (Wildman–Crippen MR) is 78.0 cm³/mol. The highest BCUT2D eigenvalue weighted by atomic mass is 16.2. The molecule has 3 heterocycles. The number of anilines is 2. The van der Waals surface area contributed by atoms with Gasteiger partial charge in [-0.15, -0.1) is 0 Å². The molecule has 1 saturated carbocycles. The Labute approximate surface area is 120 Å². The Bertz CT molecular complexity index is 794. The lowest BCUT2D eigenvalue weighted by atomic mass is 10.2. The first-order valence-corrected chi connectivity index (χ1v) is 6.86. The molecule has 0 atom stereocenters. The van der Waals surface area contributed by atoms with Gasteiger partial charge in [0.25, 0.3) is 0 Å². The van der Waals surface area contributed by atoms with Gasteiger partial charge in [0.2, 0.25) is 5.91 Å². The highest BCUT2D eigenvalue weighted by molar-refractivity contribution is 6.03. The Morgan fingerprint density at radius 2 is 2.14 bits per heavy atom. The standard InChI is InChI=1S/C15H13N5O/c21-15(10-3-4-10)20(12-2-1-5-16-8-12)13-6-11-7-18-19-14(11)17-9-13/h1-2,5-10H,3-4H2,(H,17,18,19). The van der Waals surface area contributed by atoms with Crippen molar-refractivity contribution in [2.45, 2.75) is 12.8 Å². The minimum Gasteiger partial charge on any atom is -0.278 e. The van der Waals surface area contributed by atoms with Crippen molar-refractivity contribution < 1.29 is 4.79 Å². The summed E-state index contributed by atoms with van der Waals surface area (Å²) in [6.45, 7) is 0. The molecule has 0 bridgehead atoms. The van der Waals surface area contributed by atoms with Gasteiger partial charge in [-0.25, -0.2) is 4.98 Å². The van der Waals surface area contributed by atoms with Crippen LogP contribution in [0.3, 0.4) is 0 Å². The van der Waals surface area contributed by atoms with E-state index in [2.05, 4.69) is 20.2 Å². The van der Waals surface area contributed by atoms with Gasteiger partial charge in [0, 0.05) is 17.5 Å². The number of hydrogen-bond acceptors (Lipinski definition) is 4. The summed E-state index contributed by atoms with van der Waals surface area (Å²) in [6, 6.07) is 5.62. The molecule has 104 valence electrons. The van der Waals surface area contributed by atoms with E-state index in [0.29, 0.717) is 5.65 Å². The molecule has 1 aliphatic carbocycles. The molecule has 3 aromatic heterocycles. The minimum atomic E-state index is 0.104. The van der Waals surface area contributed by atoms with Crippen LogP contribution in [0, 0.1) is 5.92 Å². The molecular formula is C15H13N5O. The third kappa shape index (κ3) is 2.14. The zero-order valence-corrected chi connectivity index (χ0v) is 11.2. The van der Waals surface area contributed by atoms with E-state index >= 15 is 0 Å². The lowest BCUT2D eigenvalue weighted by Crippen LogP contribution is -2.27. The molecule has 1 N–H and O–H groups in total. The fourth-order valence-corrected chi connectivity index (χ4v) is 2.35. The lowest BCUT2D eigenvalue weighted by Gasteiger charge is -2.22. The van der Waals surface area contributed by atoms with Crippen LogP contribution in [0.5, 0.6) is 0 Å². The molecule has 0 saturated heterocycles. The lowest BCUT2D eigenvalue weighted by molar-refractivity contribution is -0.119. The number of carbonyl (C=O) groups excluding carboxylic acids is 1. The maximum atomic E-state index is 12.6. The van der Waals surface area contributed by atoms with Gasteiger partial charge in [-0.3, -0.25) is 19.8 Å². The predicted octanol–water partition coefficient (Wildman–Crippen LogP) is 2.43. The number of H-pyrrole nitrogens is 1. The molecule has 0 aliphatic heterocycles. The van der Waals surface area contributed by atoms with E-state index in [1.807, 2.05) is 18.2 Å². The van der Waals surface area contributed by atoms with E-state index < -0.39 is 0 Å². The van der Waals surface area contributed by atoms with E-state index in [0.717, 1.165) is 29.6 Å². The van der Waals surface area contributed by atoms with E-state index in [1.54, 1.807) is 29.7 Å². The number of amides is 1. The van der Waals surface area contributed by atoms with E-state index in [-0.39, 0.29) is 11.8 Å². The second-order valence-electron chi connectivity index (χ2n) is 5.16. The Morgan fingerprint density at radius 1 is 1.24 bits per heavy atom. The highest BCUT2D eigenvalue weighted by Crippen LogP contribution is 2.36. The van der Waals surface area contributed by atoms with Crippen LogP contribution in [-0.4, -0.2) is 26.1 Å². The van der Waals surface area contributed by atoms with Gasteiger partial charge in [0.1, 0.15) is 0 Å². The third-order valence-electron chi connectivity index (χ3n) is 3.59. The van der Waals surface area contributed by atoms with E-state index in [9.17, 15) is 4.79 Å². The first-order valence-electron chi connectivity index (χ1n) is 6.86. The van der Waals surface area contributed by atoms with Crippen LogP contribution in [0.25, 0.3) is 11.0 Å². The Hall–Kier alpha value is -2.76. The van der Waals surface area contributed by atoms with Crippen LogP contribution < -0.4 is 4.90 Å². The Kier molecular flexibility index (Phi) is 2.67. The molecule has 0 radical (unpaired) electrons. The average molecular weight is 279 g/mol. The number of nitrogens with zero attached hydrogens (tertiary/aromatic N) is 4. The molecule has 1 amide bonds. The molecule has 0 unspecified atom stereocenters. The minimum absolute atomic E-state index is 0.104. The van der Waals surface area contributed by atoms with Crippen molar-refractivity contribution in [1.29, 1.82) is 0 Å². The molecular weight excluding hydrogens is 266 g/mol. The molecule has 0 spiro atoms. The molecule has 3 aromatic rings. The fourth-order valence-electron chi connectivity index (χ4n) is 2.35. The molecule has 6 heteroatoms. The largest absolute Gasteiger partial charge is 0.278 e. The summed E-state index contributed by atoms with van der Waals surface area (Å²) < 4.78 is 0.